The average molecular weight is 290 g/mol. The third-order valence-electron chi connectivity index (χ3n) is 3.63. The molecule has 0 fully saturated rings. The number of fused-ring (bicyclic) bond motifs is 1. The summed E-state index contributed by atoms with van der Waals surface area (Å²) in [5, 5.41) is 0. The van der Waals surface area contributed by atoms with Gasteiger partial charge in [0.1, 0.15) is 5.75 Å². The van der Waals surface area contributed by atoms with Crippen LogP contribution in [0.1, 0.15) is 26.2 Å². The molecule has 5 heteroatoms. The van der Waals surface area contributed by atoms with Crippen molar-refractivity contribution >= 4 is 17.5 Å². The van der Waals surface area contributed by atoms with E-state index in [0.29, 0.717) is 18.7 Å². The van der Waals surface area contributed by atoms with Gasteiger partial charge >= 0.3 is 0 Å². The zero-order valence-corrected chi connectivity index (χ0v) is 12.7. The summed E-state index contributed by atoms with van der Waals surface area (Å²) in [6.45, 7) is 3.30. The van der Waals surface area contributed by atoms with Gasteiger partial charge in [0, 0.05) is 26.6 Å². The number of carbonyl (C=O) groups is 2. The monoisotopic (exact) mass is 290 g/mol. The van der Waals surface area contributed by atoms with Crippen molar-refractivity contribution in [1.29, 1.82) is 0 Å². The standard InChI is InChI=1S/C16H22N2O3/c1-3-4-10-17(2)15(19)9-11-18-13-7-5-6-8-14(13)21-12-16(18)20/h5-8H,3-4,9-12H2,1-2H3. The molecule has 114 valence electrons. The number of hydrogen-bond acceptors (Lipinski definition) is 3. The lowest BCUT2D eigenvalue weighted by atomic mass is 10.2. The van der Waals surface area contributed by atoms with Crippen molar-refractivity contribution in [1.82, 2.24) is 4.90 Å². The minimum absolute atomic E-state index is 0.0386. The average Bonchev–Trinajstić information content (AvgIpc) is 2.51. The van der Waals surface area contributed by atoms with Gasteiger partial charge in [-0.25, -0.2) is 0 Å². The Morgan fingerprint density at radius 2 is 2.14 bits per heavy atom. The Hall–Kier alpha value is -2.04. The van der Waals surface area contributed by atoms with Crippen LogP contribution in [0, 0.1) is 0 Å². The molecule has 0 saturated heterocycles. The van der Waals surface area contributed by atoms with E-state index in [0.717, 1.165) is 25.1 Å². The van der Waals surface area contributed by atoms with Crippen LogP contribution >= 0.6 is 0 Å². The van der Waals surface area contributed by atoms with Gasteiger partial charge in [-0.05, 0) is 18.6 Å². The molecule has 5 nitrogen and oxygen atoms in total. The quantitative estimate of drug-likeness (QED) is 0.806. The summed E-state index contributed by atoms with van der Waals surface area (Å²) in [7, 11) is 1.81. The SMILES string of the molecule is CCCCN(C)C(=O)CCN1C(=O)COc2ccccc21. The van der Waals surface area contributed by atoms with Gasteiger partial charge in [-0.2, -0.15) is 0 Å². The van der Waals surface area contributed by atoms with E-state index in [9.17, 15) is 9.59 Å². The largest absolute Gasteiger partial charge is 0.482 e. The number of benzene rings is 1. The van der Waals surface area contributed by atoms with Crippen molar-refractivity contribution in [3.63, 3.8) is 0 Å². The molecule has 2 amide bonds. The molecule has 1 aromatic carbocycles. The molecule has 1 aliphatic rings. The number of para-hydroxylation sites is 2. The minimum atomic E-state index is -0.0993. The third kappa shape index (κ3) is 3.74. The number of unbranched alkanes of at least 4 members (excludes halogenated alkanes) is 1. The number of ether oxygens (including phenoxy) is 1. The molecular weight excluding hydrogens is 268 g/mol. The smallest absolute Gasteiger partial charge is 0.265 e. The summed E-state index contributed by atoms with van der Waals surface area (Å²) < 4.78 is 5.39. The zero-order chi connectivity index (χ0) is 15.2. The van der Waals surface area contributed by atoms with E-state index in [1.165, 1.54) is 0 Å². The number of carbonyl (C=O) groups excluding carboxylic acids is 2. The number of nitrogens with zero attached hydrogens (tertiary/aromatic N) is 2. The molecule has 0 unspecified atom stereocenters. The predicted molar refractivity (Wildman–Crippen MR) is 81.5 cm³/mol. The van der Waals surface area contributed by atoms with Crippen LogP contribution in [0.25, 0.3) is 0 Å². The highest BCUT2D eigenvalue weighted by molar-refractivity contribution is 5.98. The Bertz CT molecular complexity index is 516. The highest BCUT2D eigenvalue weighted by atomic mass is 16.5. The van der Waals surface area contributed by atoms with Gasteiger partial charge in [0.15, 0.2) is 6.61 Å². The maximum absolute atomic E-state index is 12.1. The second-order valence-electron chi connectivity index (χ2n) is 5.22. The van der Waals surface area contributed by atoms with Crippen molar-refractivity contribution in [2.45, 2.75) is 26.2 Å². The van der Waals surface area contributed by atoms with Crippen LogP contribution in [0.4, 0.5) is 5.69 Å². The normalized spacial score (nSPS) is 13.6. The second-order valence-corrected chi connectivity index (χ2v) is 5.22. The van der Waals surface area contributed by atoms with Gasteiger partial charge in [0.25, 0.3) is 5.91 Å². The maximum atomic E-state index is 12.1. The molecule has 21 heavy (non-hydrogen) atoms. The Morgan fingerprint density at radius 1 is 1.38 bits per heavy atom. The Balaban J connectivity index is 1.96. The lowest BCUT2D eigenvalue weighted by Crippen LogP contribution is -2.41. The van der Waals surface area contributed by atoms with E-state index in [-0.39, 0.29) is 18.4 Å². The van der Waals surface area contributed by atoms with Crippen LogP contribution in [-0.2, 0) is 9.59 Å². The molecule has 0 aliphatic carbocycles. The molecule has 0 bridgehead atoms. The Morgan fingerprint density at radius 3 is 2.90 bits per heavy atom. The van der Waals surface area contributed by atoms with Crippen LogP contribution < -0.4 is 9.64 Å². The molecular formula is C16H22N2O3. The third-order valence-corrected chi connectivity index (χ3v) is 3.63. The summed E-state index contributed by atoms with van der Waals surface area (Å²) in [5.41, 5.74) is 0.748. The first-order chi connectivity index (χ1) is 10.1. The Kier molecular flexibility index (Phi) is 5.20. The van der Waals surface area contributed by atoms with Crippen molar-refractivity contribution in [2.75, 3.05) is 31.6 Å². The van der Waals surface area contributed by atoms with Gasteiger partial charge in [-0.3, -0.25) is 9.59 Å². The van der Waals surface area contributed by atoms with E-state index in [1.807, 2.05) is 31.3 Å². The summed E-state index contributed by atoms with van der Waals surface area (Å²) in [5.74, 6) is 0.668. The molecule has 0 radical (unpaired) electrons. The topological polar surface area (TPSA) is 49.9 Å². The van der Waals surface area contributed by atoms with E-state index in [2.05, 4.69) is 6.92 Å². The molecule has 0 atom stereocenters. The van der Waals surface area contributed by atoms with Gasteiger partial charge in [-0.1, -0.05) is 25.5 Å². The highest BCUT2D eigenvalue weighted by Gasteiger charge is 2.25. The Labute approximate surface area is 125 Å². The first kappa shape index (κ1) is 15.4. The zero-order valence-electron chi connectivity index (χ0n) is 12.7. The van der Waals surface area contributed by atoms with Crippen LogP contribution in [0.15, 0.2) is 24.3 Å². The predicted octanol–water partition coefficient (Wildman–Crippen LogP) is 2.06. The molecule has 1 heterocycles. The van der Waals surface area contributed by atoms with Gasteiger partial charge in [0.05, 0.1) is 5.69 Å². The summed E-state index contributed by atoms with van der Waals surface area (Å²) in [4.78, 5) is 27.4. The van der Waals surface area contributed by atoms with Crippen molar-refractivity contribution in [3.8, 4) is 5.75 Å². The minimum Gasteiger partial charge on any atom is -0.482 e. The lowest BCUT2D eigenvalue weighted by Gasteiger charge is -2.29. The van der Waals surface area contributed by atoms with Crippen LogP contribution in [0.3, 0.4) is 0 Å². The molecule has 0 aromatic heterocycles. The maximum Gasteiger partial charge on any atom is 0.265 e. The lowest BCUT2D eigenvalue weighted by molar-refractivity contribution is -0.129. The van der Waals surface area contributed by atoms with Gasteiger partial charge < -0.3 is 14.5 Å². The van der Waals surface area contributed by atoms with Gasteiger partial charge in [-0.15, -0.1) is 0 Å². The van der Waals surface area contributed by atoms with E-state index >= 15 is 0 Å². The van der Waals surface area contributed by atoms with Crippen molar-refractivity contribution < 1.29 is 14.3 Å². The fourth-order valence-corrected chi connectivity index (χ4v) is 2.32. The number of rotatable bonds is 6. The van der Waals surface area contributed by atoms with Crippen molar-refractivity contribution in [2.24, 2.45) is 0 Å². The fourth-order valence-electron chi connectivity index (χ4n) is 2.32. The number of anilines is 1. The summed E-state index contributed by atoms with van der Waals surface area (Å²) in [6, 6.07) is 7.42. The molecule has 0 saturated carbocycles. The highest BCUT2D eigenvalue weighted by Crippen LogP contribution is 2.31. The number of amides is 2. The summed E-state index contributed by atoms with van der Waals surface area (Å²) in [6.07, 6.45) is 2.40. The van der Waals surface area contributed by atoms with Crippen molar-refractivity contribution in [3.05, 3.63) is 24.3 Å². The first-order valence-corrected chi connectivity index (χ1v) is 7.39. The van der Waals surface area contributed by atoms with Crippen LogP contribution in [0.5, 0.6) is 5.75 Å². The first-order valence-electron chi connectivity index (χ1n) is 7.39. The molecule has 0 N–H and O–H groups in total. The van der Waals surface area contributed by atoms with E-state index in [1.54, 1.807) is 9.80 Å². The summed E-state index contributed by atoms with van der Waals surface area (Å²) >= 11 is 0. The van der Waals surface area contributed by atoms with Gasteiger partial charge in [0.2, 0.25) is 5.91 Å². The number of hydrogen-bond donors (Lipinski definition) is 0. The second kappa shape index (κ2) is 7.11. The van der Waals surface area contributed by atoms with Crippen LogP contribution in [-0.4, -0.2) is 43.5 Å². The molecule has 1 aliphatic heterocycles. The van der Waals surface area contributed by atoms with E-state index in [4.69, 9.17) is 4.74 Å². The fraction of sp³-hybridized carbons (Fsp3) is 0.500. The molecule has 2 rings (SSSR count). The molecule has 1 aromatic rings. The molecule has 0 spiro atoms. The van der Waals surface area contributed by atoms with Crippen LogP contribution in [0.2, 0.25) is 0 Å². The van der Waals surface area contributed by atoms with E-state index < -0.39 is 0 Å².